The van der Waals surface area contributed by atoms with Crippen LogP contribution in [0.2, 0.25) is 0 Å². The second kappa shape index (κ2) is 5.03. The topological polar surface area (TPSA) is 73.2 Å². The van der Waals surface area contributed by atoms with E-state index in [1.165, 1.54) is 0 Å². The summed E-state index contributed by atoms with van der Waals surface area (Å²) in [6.07, 6.45) is 0.862. The van der Waals surface area contributed by atoms with Crippen molar-refractivity contribution < 1.29 is 14.3 Å². The number of amides is 1. The van der Waals surface area contributed by atoms with Crippen LogP contribution in [-0.4, -0.2) is 28.3 Å². The number of anilines is 1. The Morgan fingerprint density at radius 1 is 1.47 bits per heavy atom. The molecule has 0 spiro atoms. The molecule has 6 heteroatoms. The second-order valence-corrected chi connectivity index (χ2v) is 5.14. The average Bonchev–Trinajstić information content (AvgIpc) is 3.03. The van der Waals surface area contributed by atoms with E-state index in [0.29, 0.717) is 11.6 Å². The smallest absolute Gasteiger partial charge is 0.309 e. The molecular weight excluding hydrogens is 246 g/mol. The molecule has 1 amide bonds. The minimum absolute atomic E-state index is 0.0188. The second-order valence-electron chi connectivity index (χ2n) is 5.14. The summed E-state index contributed by atoms with van der Waals surface area (Å²) >= 11 is 0. The highest BCUT2D eigenvalue weighted by molar-refractivity contribution is 5.94. The Bertz CT molecular complexity index is 521. The van der Waals surface area contributed by atoms with E-state index in [0.717, 1.165) is 17.8 Å². The molecule has 0 aliphatic heterocycles. The number of rotatable bonds is 4. The Morgan fingerprint density at radius 2 is 2.11 bits per heavy atom. The summed E-state index contributed by atoms with van der Waals surface area (Å²) in [5.74, 6) is -0.240. The van der Waals surface area contributed by atoms with Gasteiger partial charge in [0.2, 0.25) is 0 Å². The molecule has 2 atom stereocenters. The molecule has 1 fully saturated rings. The molecule has 0 radical (unpaired) electrons. The summed E-state index contributed by atoms with van der Waals surface area (Å²) < 4.78 is 6.68. The molecule has 1 aliphatic rings. The van der Waals surface area contributed by atoms with Gasteiger partial charge in [-0.05, 0) is 26.2 Å². The molecule has 1 heterocycles. The number of carbonyl (C=O) groups is 2. The third-order valence-corrected chi connectivity index (χ3v) is 3.53. The summed E-state index contributed by atoms with van der Waals surface area (Å²) in [6, 6.07) is 0. The number of nitrogens with zero attached hydrogens (tertiary/aromatic N) is 2. The summed E-state index contributed by atoms with van der Waals surface area (Å²) in [5.41, 5.74) is 2.30. The summed E-state index contributed by atoms with van der Waals surface area (Å²) in [4.78, 5) is 23.2. The predicted molar refractivity (Wildman–Crippen MR) is 69.5 cm³/mol. The van der Waals surface area contributed by atoms with E-state index in [4.69, 9.17) is 4.74 Å². The van der Waals surface area contributed by atoms with E-state index >= 15 is 0 Å². The first kappa shape index (κ1) is 13.6. The Morgan fingerprint density at radius 3 is 2.58 bits per heavy atom. The molecule has 2 rings (SSSR count). The van der Waals surface area contributed by atoms with Crippen LogP contribution in [0, 0.1) is 25.7 Å². The Hall–Kier alpha value is -1.85. The zero-order valence-electron chi connectivity index (χ0n) is 11.7. The fourth-order valence-corrected chi connectivity index (χ4v) is 2.02. The lowest BCUT2D eigenvalue weighted by Crippen LogP contribution is -2.22. The summed E-state index contributed by atoms with van der Waals surface area (Å²) in [6.45, 7) is 5.44. The van der Waals surface area contributed by atoms with Crippen molar-refractivity contribution in [2.75, 3.05) is 11.9 Å². The van der Waals surface area contributed by atoms with Crippen LogP contribution in [-0.2, 0) is 21.4 Å². The molecule has 0 bridgehead atoms. The van der Waals surface area contributed by atoms with Crippen LogP contribution in [0.4, 0.5) is 5.69 Å². The van der Waals surface area contributed by atoms with Gasteiger partial charge in [0.05, 0.1) is 23.0 Å². The van der Waals surface area contributed by atoms with Crippen molar-refractivity contribution in [1.29, 1.82) is 0 Å². The molecule has 0 aromatic carbocycles. The van der Waals surface area contributed by atoms with Gasteiger partial charge in [-0.25, -0.2) is 0 Å². The number of aromatic nitrogens is 2. The summed E-state index contributed by atoms with van der Waals surface area (Å²) in [5, 5.41) is 6.93. The van der Waals surface area contributed by atoms with Crippen molar-refractivity contribution in [3.05, 3.63) is 11.4 Å². The van der Waals surface area contributed by atoms with Crippen molar-refractivity contribution in [3.8, 4) is 0 Å². The normalized spacial score (nSPS) is 21.1. The maximum absolute atomic E-state index is 11.7. The van der Waals surface area contributed by atoms with E-state index in [2.05, 4.69) is 10.4 Å². The van der Waals surface area contributed by atoms with Gasteiger partial charge in [0.25, 0.3) is 5.91 Å². The number of carbonyl (C=O) groups excluding carboxylic acids is 2. The first-order valence-corrected chi connectivity index (χ1v) is 6.36. The predicted octanol–water partition coefficient (Wildman–Crippen LogP) is 1.17. The molecule has 0 unspecified atom stereocenters. The van der Waals surface area contributed by atoms with Crippen LogP contribution in [0.3, 0.4) is 0 Å². The van der Waals surface area contributed by atoms with E-state index in [1.54, 1.807) is 4.68 Å². The molecule has 6 nitrogen and oxygen atoms in total. The molecule has 0 saturated heterocycles. The lowest BCUT2D eigenvalue weighted by Gasteiger charge is -2.06. The van der Waals surface area contributed by atoms with Crippen LogP contribution < -0.4 is 5.32 Å². The highest BCUT2D eigenvalue weighted by Crippen LogP contribution is 2.38. The first-order chi connectivity index (χ1) is 8.90. The zero-order valence-corrected chi connectivity index (χ0v) is 11.7. The quantitative estimate of drug-likeness (QED) is 0.829. The largest absolute Gasteiger partial charge is 0.455 e. The lowest BCUT2D eigenvalue weighted by molar-refractivity contribution is -0.148. The molecule has 1 aromatic heterocycles. The van der Waals surface area contributed by atoms with Gasteiger partial charge in [0, 0.05) is 7.05 Å². The van der Waals surface area contributed by atoms with Crippen molar-refractivity contribution in [2.45, 2.75) is 27.2 Å². The fourth-order valence-electron chi connectivity index (χ4n) is 2.02. The van der Waals surface area contributed by atoms with Crippen LogP contribution in [0.5, 0.6) is 0 Å². The number of hydrogen-bond acceptors (Lipinski definition) is 4. The van der Waals surface area contributed by atoms with Crippen molar-refractivity contribution >= 4 is 17.6 Å². The molecular formula is C13H19N3O3. The van der Waals surface area contributed by atoms with Gasteiger partial charge >= 0.3 is 5.97 Å². The fraction of sp³-hybridized carbons (Fsp3) is 0.615. The molecule has 104 valence electrons. The molecule has 1 aromatic rings. The minimum Gasteiger partial charge on any atom is -0.455 e. The van der Waals surface area contributed by atoms with E-state index in [9.17, 15) is 9.59 Å². The van der Waals surface area contributed by atoms with Crippen LogP contribution in [0.25, 0.3) is 0 Å². The highest BCUT2D eigenvalue weighted by Gasteiger charge is 2.40. The van der Waals surface area contributed by atoms with Gasteiger partial charge < -0.3 is 10.1 Å². The number of hydrogen-bond donors (Lipinski definition) is 1. The maximum atomic E-state index is 11.7. The Kier molecular flexibility index (Phi) is 3.59. The van der Waals surface area contributed by atoms with Gasteiger partial charge in [-0.15, -0.1) is 0 Å². The molecule has 1 N–H and O–H groups in total. The monoisotopic (exact) mass is 265 g/mol. The maximum Gasteiger partial charge on any atom is 0.309 e. The third kappa shape index (κ3) is 2.94. The Balaban J connectivity index is 1.86. The summed E-state index contributed by atoms with van der Waals surface area (Å²) in [7, 11) is 1.81. The van der Waals surface area contributed by atoms with E-state index < -0.39 is 0 Å². The van der Waals surface area contributed by atoms with E-state index in [-0.39, 0.29) is 24.4 Å². The van der Waals surface area contributed by atoms with Crippen LogP contribution in [0.1, 0.15) is 24.7 Å². The van der Waals surface area contributed by atoms with Crippen molar-refractivity contribution in [2.24, 2.45) is 18.9 Å². The number of esters is 1. The number of aryl methyl sites for hydroxylation is 2. The van der Waals surface area contributed by atoms with Gasteiger partial charge in [0.1, 0.15) is 0 Å². The van der Waals surface area contributed by atoms with Gasteiger partial charge in [-0.1, -0.05) is 6.92 Å². The van der Waals surface area contributed by atoms with Crippen LogP contribution >= 0.6 is 0 Å². The van der Waals surface area contributed by atoms with Crippen molar-refractivity contribution in [1.82, 2.24) is 9.78 Å². The first-order valence-electron chi connectivity index (χ1n) is 6.36. The van der Waals surface area contributed by atoms with Gasteiger partial charge in [0.15, 0.2) is 6.61 Å². The van der Waals surface area contributed by atoms with Gasteiger partial charge in [-0.3, -0.25) is 14.3 Å². The average molecular weight is 265 g/mol. The number of ether oxygens (including phenoxy) is 1. The van der Waals surface area contributed by atoms with E-state index in [1.807, 2.05) is 27.8 Å². The van der Waals surface area contributed by atoms with Crippen molar-refractivity contribution in [3.63, 3.8) is 0 Å². The lowest BCUT2D eigenvalue weighted by atomic mass is 10.3. The standard InChI is InChI=1S/C13H19N3O3/c1-7-5-10(7)13(18)19-6-11(17)14-12-8(2)15-16(4)9(12)3/h7,10H,5-6H2,1-4H3,(H,14,17)/t7-,10-/m0/s1. The van der Waals surface area contributed by atoms with Crippen LogP contribution in [0.15, 0.2) is 0 Å². The Labute approximate surface area is 112 Å². The minimum atomic E-state index is -0.333. The number of nitrogens with one attached hydrogen (secondary N) is 1. The highest BCUT2D eigenvalue weighted by atomic mass is 16.5. The molecule has 1 saturated carbocycles. The molecule has 1 aliphatic carbocycles. The third-order valence-electron chi connectivity index (χ3n) is 3.53. The SMILES string of the molecule is Cc1nn(C)c(C)c1NC(=O)COC(=O)[C@H]1C[C@@H]1C. The zero-order chi connectivity index (χ0) is 14.2. The van der Waals surface area contributed by atoms with Gasteiger partial charge in [-0.2, -0.15) is 5.10 Å². The molecule has 19 heavy (non-hydrogen) atoms.